The van der Waals surface area contributed by atoms with Crippen molar-refractivity contribution in [3.05, 3.63) is 77.1 Å². The molecule has 0 radical (unpaired) electrons. The van der Waals surface area contributed by atoms with Gasteiger partial charge in [0.05, 0.1) is 6.54 Å². The molecule has 0 spiro atoms. The molecule has 3 aromatic rings. The van der Waals surface area contributed by atoms with Crippen molar-refractivity contribution < 1.29 is 9.13 Å². The van der Waals surface area contributed by atoms with Crippen molar-refractivity contribution in [1.82, 2.24) is 9.78 Å². The van der Waals surface area contributed by atoms with Crippen molar-refractivity contribution >= 4 is 5.82 Å². The van der Waals surface area contributed by atoms with E-state index >= 15 is 0 Å². The Bertz CT molecular complexity index is 884. The number of nitrogen functional groups attached to an aromatic ring is 1. The SMILES string of the molecule is N#Cc1c(OCc2ccccc2)nn(Cc2ccccc2F)c1N. The minimum Gasteiger partial charge on any atom is -0.471 e. The average Bonchev–Trinajstić information content (AvgIpc) is 2.91. The highest BCUT2D eigenvalue weighted by atomic mass is 19.1. The van der Waals surface area contributed by atoms with Gasteiger partial charge < -0.3 is 10.5 Å². The van der Waals surface area contributed by atoms with Crippen molar-refractivity contribution in [2.75, 3.05) is 5.73 Å². The Morgan fingerprint density at radius 1 is 1.12 bits per heavy atom. The molecule has 0 bridgehead atoms. The van der Waals surface area contributed by atoms with E-state index in [0.29, 0.717) is 5.56 Å². The van der Waals surface area contributed by atoms with Gasteiger partial charge in [0.1, 0.15) is 24.3 Å². The molecular weight excluding hydrogens is 307 g/mol. The van der Waals surface area contributed by atoms with Crippen LogP contribution in [0.25, 0.3) is 0 Å². The third-order valence-electron chi connectivity index (χ3n) is 3.57. The highest BCUT2D eigenvalue weighted by molar-refractivity contribution is 5.55. The molecule has 6 heteroatoms. The molecule has 0 unspecified atom stereocenters. The smallest absolute Gasteiger partial charge is 0.253 e. The molecule has 0 saturated heterocycles. The van der Waals surface area contributed by atoms with Crippen LogP contribution in [0.15, 0.2) is 54.6 Å². The van der Waals surface area contributed by atoms with Crippen LogP contribution in [0.5, 0.6) is 5.88 Å². The van der Waals surface area contributed by atoms with E-state index in [-0.39, 0.29) is 36.2 Å². The molecule has 1 heterocycles. The Morgan fingerprint density at radius 2 is 1.83 bits per heavy atom. The lowest BCUT2D eigenvalue weighted by molar-refractivity contribution is 0.289. The maximum atomic E-state index is 13.8. The first-order valence-corrected chi connectivity index (χ1v) is 7.35. The molecule has 120 valence electrons. The lowest BCUT2D eigenvalue weighted by Gasteiger charge is -2.05. The van der Waals surface area contributed by atoms with E-state index in [1.54, 1.807) is 18.2 Å². The molecule has 3 rings (SSSR count). The van der Waals surface area contributed by atoms with Crippen molar-refractivity contribution in [1.29, 1.82) is 5.26 Å². The zero-order valence-electron chi connectivity index (χ0n) is 12.8. The van der Waals surface area contributed by atoms with E-state index in [9.17, 15) is 9.65 Å². The molecule has 2 aromatic carbocycles. The third kappa shape index (κ3) is 3.20. The van der Waals surface area contributed by atoms with Crippen LogP contribution in [0.2, 0.25) is 0 Å². The normalized spacial score (nSPS) is 10.3. The molecule has 1 aromatic heterocycles. The fourth-order valence-electron chi connectivity index (χ4n) is 2.29. The first-order chi connectivity index (χ1) is 11.7. The molecule has 0 fully saturated rings. The second-order valence-electron chi connectivity index (χ2n) is 5.20. The van der Waals surface area contributed by atoms with Crippen LogP contribution < -0.4 is 10.5 Å². The van der Waals surface area contributed by atoms with E-state index in [1.165, 1.54) is 10.7 Å². The third-order valence-corrected chi connectivity index (χ3v) is 3.57. The summed E-state index contributed by atoms with van der Waals surface area (Å²) in [6, 6.07) is 17.9. The molecule has 0 aliphatic heterocycles. The van der Waals surface area contributed by atoms with Gasteiger partial charge in [-0.1, -0.05) is 48.5 Å². The van der Waals surface area contributed by atoms with Crippen LogP contribution in [0, 0.1) is 17.1 Å². The number of benzene rings is 2. The summed E-state index contributed by atoms with van der Waals surface area (Å²) < 4.78 is 20.8. The number of nitriles is 1. The van der Waals surface area contributed by atoms with Crippen molar-refractivity contribution in [2.24, 2.45) is 0 Å². The summed E-state index contributed by atoms with van der Waals surface area (Å²) in [5.41, 5.74) is 7.50. The second-order valence-corrected chi connectivity index (χ2v) is 5.20. The number of rotatable bonds is 5. The second kappa shape index (κ2) is 6.84. The monoisotopic (exact) mass is 322 g/mol. The topological polar surface area (TPSA) is 76.9 Å². The number of anilines is 1. The highest BCUT2D eigenvalue weighted by Gasteiger charge is 2.18. The van der Waals surface area contributed by atoms with Crippen LogP contribution in [0.3, 0.4) is 0 Å². The summed E-state index contributed by atoms with van der Waals surface area (Å²) in [6.45, 7) is 0.396. The Kier molecular flexibility index (Phi) is 4.43. The molecule has 0 amide bonds. The van der Waals surface area contributed by atoms with Gasteiger partial charge in [-0.2, -0.15) is 5.26 Å². The van der Waals surface area contributed by atoms with Crippen molar-refractivity contribution in [3.63, 3.8) is 0 Å². The van der Waals surface area contributed by atoms with Crippen LogP contribution in [-0.4, -0.2) is 9.78 Å². The molecule has 0 saturated carbocycles. The van der Waals surface area contributed by atoms with Gasteiger partial charge in [-0.05, 0) is 11.6 Å². The molecule has 0 aliphatic rings. The minimum atomic E-state index is -0.349. The van der Waals surface area contributed by atoms with Crippen LogP contribution >= 0.6 is 0 Å². The highest BCUT2D eigenvalue weighted by Crippen LogP contribution is 2.25. The van der Waals surface area contributed by atoms with E-state index in [0.717, 1.165) is 5.56 Å². The van der Waals surface area contributed by atoms with E-state index < -0.39 is 0 Å². The quantitative estimate of drug-likeness (QED) is 0.783. The summed E-state index contributed by atoms with van der Waals surface area (Å²) in [4.78, 5) is 0. The number of halogens is 1. The Labute approximate surface area is 138 Å². The Morgan fingerprint density at radius 3 is 2.54 bits per heavy atom. The summed E-state index contributed by atoms with van der Waals surface area (Å²) >= 11 is 0. The van der Waals surface area contributed by atoms with E-state index in [4.69, 9.17) is 10.5 Å². The van der Waals surface area contributed by atoms with Gasteiger partial charge >= 0.3 is 0 Å². The molecule has 5 nitrogen and oxygen atoms in total. The molecule has 0 aliphatic carbocycles. The Hall–Kier alpha value is -3.33. The molecule has 24 heavy (non-hydrogen) atoms. The van der Waals surface area contributed by atoms with Crippen molar-refractivity contribution in [3.8, 4) is 11.9 Å². The zero-order chi connectivity index (χ0) is 16.9. The van der Waals surface area contributed by atoms with Gasteiger partial charge in [0, 0.05) is 5.56 Å². The standard InChI is InChI=1S/C18H15FN4O/c19-16-9-5-4-8-14(16)11-23-17(21)15(10-20)18(22-23)24-12-13-6-2-1-3-7-13/h1-9H,11-12,21H2. The fraction of sp³-hybridized carbons (Fsp3) is 0.111. The van der Waals surface area contributed by atoms with Crippen LogP contribution in [-0.2, 0) is 13.2 Å². The predicted octanol–water partition coefficient (Wildman–Crippen LogP) is 3.10. The average molecular weight is 322 g/mol. The summed E-state index contributed by atoms with van der Waals surface area (Å²) in [7, 11) is 0. The van der Waals surface area contributed by atoms with Gasteiger partial charge in [0.2, 0.25) is 0 Å². The van der Waals surface area contributed by atoms with E-state index in [2.05, 4.69) is 5.10 Å². The van der Waals surface area contributed by atoms with E-state index in [1.807, 2.05) is 36.4 Å². The number of ether oxygens (including phenoxy) is 1. The number of nitrogens with zero attached hydrogens (tertiary/aromatic N) is 3. The lowest BCUT2D eigenvalue weighted by atomic mass is 10.2. The number of nitrogens with two attached hydrogens (primary N) is 1. The van der Waals surface area contributed by atoms with Gasteiger partial charge in [-0.25, -0.2) is 9.07 Å². The predicted molar refractivity (Wildman–Crippen MR) is 87.6 cm³/mol. The Balaban J connectivity index is 1.83. The van der Waals surface area contributed by atoms with Gasteiger partial charge in [-0.3, -0.25) is 0 Å². The number of hydrogen-bond donors (Lipinski definition) is 1. The number of aromatic nitrogens is 2. The first kappa shape index (κ1) is 15.6. The van der Waals surface area contributed by atoms with Gasteiger partial charge in [-0.15, -0.1) is 5.10 Å². The van der Waals surface area contributed by atoms with Crippen LogP contribution in [0.1, 0.15) is 16.7 Å². The molecular formula is C18H15FN4O. The molecule has 0 atom stereocenters. The maximum absolute atomic E-state index is 13.8. The maximum Gasteiger partial charge on any atom is 0.253 e. The minimum absolute atomic E-state index is 0.127. The summed E-state index contributed by atoms with van der Waals surface area (Å²) in [6.07, 6.45) is 0. The lowest BCUT2D eigenvalue weighted by Crippen LogP contribution is -2.07. The molecule has 2 N–H and O–H groups in total. The van der Waals surface area contributed by atoms with Gasteiger partial charge in [0.15, 0.2) is 5.56 Å². The fourth-order valence-corrected chi connectivity index (χ4v) is 2.29. The summed E-state index contributed by atoms with van der Waals surface area (Å²) in [5, 5.41) is 13.5. The summed E-state index contributed by atoms with van der Waals surface area (Å²) in [5.74, 6) is -0.0448. The van der Waals surface area contributed by atoms with Gasteiger partial charge in [0.25, 0.3) is 5.88 Å². The van der Waals surface area contributed by atoms with Crippen LogP contribution in [0.4, 0.5) is 10.2 Å². The first-order valence-electron chi connectivity index (χ1n) is 7.35. The number of hydrogen-bond acceptors (Lipinski definition) is 4. The largest absolute Gasteiger partial charge is 0.471 e. The zero-order valence-corrected chi connectivity index (χ0v) is 12.8. The van der Waals surface area contributed by atoms with Crippen molar-refractivity contribution in [2.45, 2.75) is 13.2 Å².